The standard InChI is InChI=1S/C27H30O3.C24H28O3.C18H20O3/c1-19(28)30-25-16-12-21(13-17-25)27(4,5)23-9-7-8-22(18-23)26(2,3)20-10-14-24(29-6)15-11-20;1-15(25)27-17-8-10-19-21(12-17)24(14-23(19,4)5)13-22(2,3)18-9-7-16(26-6)11-20(18)24;1-13(19)21-17-11-7-15(8-12-17)18(2,3)14-5-9-16(20-4)10-6-14/h7-18H,1-6H3;7-12H,13-14H2,1-6H3;5-12H,1-4H3. The highest BCUT2D eigenvalue weighted by atomic mass is 16.5. The second kappa shape index (κ2) is 22.7. The molecule has 0 aliphatic heterocycles. The Hall–Kier alpha value is -7.65. The number of ether oxygens (including phenoxy) is 6. The van der Waals surface area contributed by atoms with Crippen molar-refractivity contribution in [2.75, 3.05) is 21.3 Å². The topological polar surface area (TPSA) is 107 Å². The van der Waals surface area contributed by atoms with Crippen LogP contribution >= 0.6 is 0 Å². The van der Waals surface area contributed by atoms with Gasteiger partial charge in [0.2, 0.25) is 0 Å². The van der Waals surface area contributed by atoms with Crippen molar-refractivity contribution in [3.63, 3.8) is 0 Å². The maximum atomic E-state index is 11.5. The Labute approximate surface area is 463 Å². The molecule has 0 bridgehead atoms. The molecular formula is C69H78O9. The summed E-state index contributed by atoms with van der Waals surface area (Å²) in [4.78, 5) is 33.6. The first-order valence-electron chi connectivity index (χ1n) is 26.7. The minimum absolute atomic E-state index is 0.0604. The van der Waals surface area contributed by atoms with Crippen molar-refractivity contribution in [1.82, 2.24) is 0 Å². The largest absolute Gasteiger partial charge is 0.497 e. The number of rotatable bonds is 12. The number of fused-ring (bicyclic) bond motifs is 4. The van der Waals surface area contributed by atoms with Crippen LogP contribution in [0.25, 0.3) is 0 Å². The van der Waals surface area contributed by atoms with Gasteiger partial charge in [0, 0.05) is 42.4 Å². The molecule has 0 heterocycles. The lowest BCUT2D eigenvalue weighted by Gasteiger charge is -2.31. The van der Waals surface area contributed by atoms with E-state index in [1.165, 1.54) is 65.3 Å². The second-order valence-corrected chi connectivity index (χ2v) is 23.6. The summed E-state index contributed by atoms with van der Waals surface area (Å²) in [6.07, 6.45) is 2.09. The van der Waals surface area contributed by atoms with Gasteiger partial charge < -0.3 is 28.4 Å². The Morgan fingerprint density at radius 2 is 0.628 bits per heavy atom. The van der Waals surface area contributed by atoms with Gasteiger partial charge in [-0.1, -0.05) is 154 Å². The Balaban J connectivity index is 0.000000172. The van der Waals surface area contributed by atoms with E-state index in [0.717, 1.165) is 41.2 Å². The quantitative estimate of drug-likeness (QED) is 0.0873. The summed E-state index contributed by atoms with van der Waals surface area (Å²) in [6, 6.07) is 53.2. The van der Waals surface area contributed by atoms with Crippen LogP contribution in [-0.2, 0) is 46.9 Å². The van der Waals surface area contributed by atoms with Crippen molar-refractivity contribution in [1.29, 1.82) is 0 Å². The Morgan fingerprint density at radius 1 is 0.346 bits per heavy atom. The average molecular weight is 1050 g/mol. The van der Waals surface area contributed by atoms with E-state index in [9.17, 15) is 14.4 Å². The number of benzene rings is 7. The minimum atomic E-state index is -0.310. The van der Waals surface area contributed by atoms with Gasteiger partial charge in [-0.2, -0.15) is 0 Å². The summed E-state index contributed by atoms with van der Waals surface area (Å²) in [5.41, 5.74) is 12.2. The first-order chi connectivity index (χ1) is 36.7. The van der Waals surface area contributed by atoms with Crippen LogP contribution in [0.4, 0.5) is 0 Å². The van der Waals surface area contributed by atoms with Gasteiger partial charge >= 0.3 is 17.9 Å². The molecule has 1 atom stereocenters. The summed E-state index contributed by atoms with van der Waals surface area (Å²) >= 11 is 0. The van der Waals surface area contributed by atoms with Crippen molar-refractivity contribution < 1.29 is 42.8 Å². The zero-order valence-electron chi connectivity index (χ0n) is 48.6. The maximum Gasteiger partial charge on any atom is 0.308 e. The van der Waals surface area contributed by atoms with Gasteiger partial charge in [-0.25, -0.2) is 0 Å². The first-order valence-corrected chi connectivity index (χ1v) is 26.7. The molecule has 2 aliphatic carbocycles. The van der Waals surface area contributed by atoms with Gasteiger partial charge in [0.1, 0.15) is 34.5 Å². The van der Waals surface area contributed by atoms with Gasteiger partial charge in [-0.3, -0.25) is 14.4 Å². The zero-order chi connectivity index (χ0) is 57.0. The molecule has 0 saturated heterocycles. The lowest BCUT2D eigenvalue weighted by Crippen LogP contribution is -2.27. The SMILES string of the molecule is COc1ccc(C(C)(C)c2ccc(OC(C)=O)cc2)cc1.COc1ccc(C(C)(C)c2cccc(C(C)(C)c3ccc(OC(C)=O)cc3)c2)cc1.COc1ccc2c(c1)C1(CC2(C)C)CC(C)(C)c2ccc(OC(C)=O)cc21. The molecular weight excluding hydrogens is 973 g/mol. The highest BCUT2D eigenvalue weighted by Gasteiger charge is 2.56. The molecule has 7 aromatic rings. The van der Waals surface area contributed by atoms with E-state index in [1.54, 1.807) is 21.3 Å². The van der Waals surface area contributed by atoms with Crippen LogP contribution in [0.3, 0.4) is 0 Å². The van der Waals surface area contributed by atoms with E-state index < -0.39 is 0 Å². The summed E-state index contributed by atoms with van der Waals surface area (Å²) in [6.45, 7) is 26.8. The van der Waals surface area contributed by atoms with Crippen LogP contribution in [0.15, 0.2) is 158 Å². The number of methoxy groups -OCH3 is 3. The molecule has 9 heteroatoms. The van der Waals surface area contributed by atoms with E-state index in [4.69, 9.17) is 28.4 Å². The molecule has 78 heavy (non-hydrogen) atoms. The Bertz CT molecular complexity index is 3250. The van der Waals surface area contributed by atoms with E-state index in [2.05, 4.69) is 148 Å². The molecule has 0 radical (unpaired) electrons. The molecule has 0 saturated carbocycles. The van der Waals surface area contributed by atoms with Crippen LogP contribution < -0.4 is 28.4 Å². The zero-order valence-corrected chi connectivity index (χ0v) is 48.6. The predicted molar refractivity (Wildman–Crippen MR) is 311 cm³/mol. The molecule has 0 fully saturated rings. The Morgan fingerprint density at radius 3 is 0.962 bits per heavy atom. The fraction of sp³-hybridized carbons (Fsp3) is 0.348. The van der Waals surface area contributed by atoms with Crippen LogP contribution in [0.5, 0.6) is 34.5 Å². The van der Waals surface area contributed by atoms with E-state index in [1.807, 2.05) is 78.9 Å². The fourth-order valence-corrected chi connectivity index (χ4v) is 11.7. The fourth-order valence-electron chi connectivity index (χ4n) is 11.7. The molecule has 0 aromatic heterocycles. The van der Waals surface area contributed by atoms with Gasteiger partial charge in [0.25, 0.3) is 0 Å². The van der Waals surface area contributed by atoms with Crippen LogP contribution in [0, 0.1) is 0 Å². The lowest BCUT2D eigenvalue weighted by molar-refractivity contribution is -0.132. The minimum Gasteiger partial charge on any atom is -0.497 e. The third-order valence-electron chi connectivity index (χ3n) is 16.1. The lowest BCUT2D eigenvalue weighted by atomic mass is 9.72. The van der Waals surface area contributed by atoms with E-state index >= 15 is 0 Å². The van der Waals surface area contributed by atoms with Crippen molar-refractivity contribution in [3.8, 4) is 34.5 Å². The summed E-state index contributed by atoms with van der Waals surface area (Å²) in [7, 11) is 5.07. The molecule has 0 amide bonds. The predicted octanol–water partition coefficient (Wildman–Crippen LogP) is 15.5. The Kier molecular flexibility index (Phi) is 16.9. The monoisotopic (exact) mass is 1050 g/mol. The highest BCUT2D eigenvalue weighted by molar-refractivity contribution is 5.71. The van der Waals surface area contributed by atoms with Gasteiger partial charge in [-0.05, 0) is 152 Å². The molecule has 9 rings (SSSR count). The third-order valence-corrected chi connectivity index (χ3v) is 16.1. The van der Waals surface area contributed by atoms with Gasteiger partial charge in [0.05, 0.1) is 21.3 Å². The van der Waals surface area contributed by atoms with Crippen LogP contribution in [0.2, 0.25) is 0 Å². The van der Waals surface area contributed by atoms with Crippen molar-refractivity contribution in [2.24, 2.45) is 0 Å². The van der Waals surface area contributed by atoms with Gasteiger partial charge in [-0.15, -0.1) is 0 Å². The molecule has 1 unspecified atom stereocenters. The van der Waals surface area contributed by atoms with Crippen molar-refractivity contribution in [2.45, 2.75) is 135 Å². The molecule has 2 aliphatic rings. The molecule has 1 spiro atoms. The number of carbonyl (C=O) groups is 3. The third kappa shape index (κ3) is 12.4. The number of esters is 3. The summed E-state index contributed by atoms with van der Waals surface area (Å²) < 4.78 is 31.7. The smallest absolute Gasteiger partial charge is 0.308 e. The second-order valence-electron chi connectivity index (χ2n) is 23.6. The first kappa shape index (κ1) is 58.0. The van der Waals surface area contributed by atoms with E-state index in [-0.39, 0.29) is 50.4 Å². The van der Waals surface area contributed by atoms with Gasteiger partial charge in [0.15, 0.2) is 0 Å². The number of hydrogen-bond donors (Lipinski definition) is 0. The summed E-state index contributed by atoms with van der Waals surface area (Å²) in [5.74, 6) is 3.47. The molecule has 9 nitrogen and oxygen atoms in total. The number of hydrogen-bond acceptors (Lipinski definition) is 9. The molecule has 0 N–H and O–H groups in total. The molecule has 7 aromatic carbocycles. The van der Waals surface area contributed by atoms with Crippen LogP contribution in [-0.4, -0.2) is 39.2 Å². The van der Waals surface area contributed by atoms with Crippen LogP contribution in [0.1, 0.15) is 158 Å². The number of carbonyl (C=O) groups excluding carboxylic acids is 3. The maximum absolute atomic E-state index is 11.5. The summed E-state index contributed by atoms with van der Waals surface area (Å²) in [5, 5.41) is 0. The van der Waals surface area contributed by atoms with E-state index in [0.29, 0.717) is 17.2 Å². The molecule has 408 valence electrons. The van der Waals surface area contributed by atoms with Crippen molar-refractivity contribution in [3.05, 3.63) is 213 Å². The average Bonchev–Trinajstić information content (AvgIpc) is 3.17. The van der Waals surface area contributed by atoms with Crippen molar-refractivity contribution >= 4 is 17.9 Å². The highest BCUT2D eigenvalue weighted by Crippen LogP contribution is 2.63. The normalized spacial score (nSPS) is 15.7.